The average Bonchev–Trinajstić information content (AvgIpc) is 2.32. The molecule has 0 aliphatic heterocycles. The Hall–Kier alpha value is -0.780. The number of pyridine rings is 1. The molecular weight excluding hydrogens is 365 g/mol. The first-order valence-electron chi connectivity index (χ1n) is 5.29. The van der Waals surface area contributed by atoms with Gasteiger partial charge in [0.25, 0.3) is 0 Å². The number of rotatable bonds is 3. The number of aliphatic hydroxyl groups is 1. The predicted octanol–water partition coefficient (Wildman–Crippen LogP) is 4.02. The summed E-state index contributed by atoms with van der Waals surface area (Å²) in [4.78, 5) is 4.17. The number of aromatic nitrogens is 1. The zero-order chi connectivity index (χ0) is 13.1. The third-order valence-corrected chi connectivity index (χ3v) is 3.56. The summed E-state index contributed by atoms with van der Waals surface area (Å²) in [6, 6.07) is 7.91. The van der Waals surface area contributed by atoms with Crippen LogP contribution < -0.4 is 0 Å². The highest BCUT2D eigenvalue weighted by atomic mass is 79.9. The van der Waals surface area contributed by atoms with Crippen molar-refractivity contribution >= 4 is 31.9 Å². The maximum atomic E-state index is 12.8. The number of benzene rings is 1. The highest BCUT2D eigenvalue weighted by Crippen LogP contribution is 2.26. The van der Waals surface area contributed by atoms with Crippen LogP contribution in [0, 0.1) is 5.82 Å². The maximum Gasteiger partial charge on any atom is 0.123 e. The van der Waals surface area contributed by atoms with Gasteiger partial charge in [0.15, 0.2) is 0 Å². The first-order valence-corrected chi connectivity index (χ1v) is 6.88. The fourth-order valence-electron chi connectivity index (χ4n) is 1.61. The highest BCUT2D eigenvalue weighted by Gasteiger charge is 2.14. The van der Waals surface area contributed by atoms with Crippen molar-refractivity contribution in [3.8, 4) is 0 Å². The van der Waals surface area contributed by atoms with Crippen LogP contribution in [0.15, 0.2) is 45.5 Å². The van der Waals surface area contributed by atoms with Gasteiger partial charge < -0.3 is 5.11 Å². The molecule has 0 amide bonds. The molecule has 0 saturated heterocycles. The lowest BCUT2D eigenvalue weighted by atomic mass is 10.1. The molecule has 0 aliphatic carbocycles. The quantitative estimate of drug-likeness (QED) is 0.880. The van der Waals surface area contributed by atoms with Crippen molar-refractivity contribution in [2.24, 2.45) is 0 Å². The van der Waals surface area contributed by atoms with E-state index in [1.165, 1.54) is 12.1 Å². The smallest absolute Gasteiger partial charge is 0.123 e. The van der Waals surface area contributed by atoms with Crippen LogP contribution in [-0.2, 0) is 6.42 Å². The molecule has 1 heterocycles. The Kier molecular flexibility index (Phi) is 4.48. The van der Waals surface area contributed by atoms with Crippen molar-refractivity contribution < 1.29 is 9.50 Å². The molecule has 1 N–H and O–H groups in total. The number of halogens is 3. The van der Waals surface area contributed by atoms with Crippen LogP contribution in [0.3, 0.4) is 0 Å². The maximum absolute atomic E-state index is 12.8. The molecule has 0 radical (unpaired) electrons. The fourth-order valence-corrected chi connectivity index (χ4v) is 2.86. The van der Waals surface area contributed by atoms with Gasteiger partial charge in [-0.15, -0.1) is 0 Å². The monoisotopic (exact) mass is 373 g/mol. The molecule has 0 spiro atoms. The van der Waals surface area contributed by atoms with Gasteiger partial charge in [-0.3, -0.25) is 4.98 Å². The Balaban J connectivity index is 2.16. The van der Waals surface area contributed by atoms with Crippen LogP contribution in [0.25, 0.3) is 0 Å². The molecule has 1 aromatic heterocycles. The lowest BCUT2D eigenvalue weighted by molar-refractivity contribution is 0.172. The van der Waals surface area contributed by atoms with E-state index in [1.807, 2.05) is 6.07 Å². The second kappa shape index (κ2) is 5.91. The van der Waals surface area contributed by atoms with Crippen LogP contribution in [0.5, 0.6) is 0 Å². The van der Waals surface area contributed by atoms with Crippen molar-refractivity contribution in [1.82, 2.24) is 4.98 Å². The average molecular weight is 375 g/mol. The van der Waals surface area contributed by atoms with E-state index in [0.717, 1.165) is 14.5 Å². The van der Waals surface area contributed by atoms with Gasteiger partial charge in [0.2, 0.25) is 0 Å². The van der Waals surface area contributed by atoms with Crippen LogP contribution in [-0.4, -0.2) is 10.1 Å². The SMILES string of the molecule is OC(Cc1ccc(F)cc1)c1ncc(Br)cc1Br. The molecule has 18 heavy (non-hydrogen) atoms. The van der Waals surface area contributed by atoms with Crippen molar-refractivity contribution in [2.45, 2.75) is 12.5 Å². The minimum atomic E-state index is -0.724. The van der Waals surface area contributed by atoms with Gasteiger partial charge >= 0.3 is 0 Å². The van der Waals surface area contributed by atoms with E-state index in [0.29, 0.717) is 12.1 Å². The molecule has 94 valence electrons. The van der Waals surface area contributed by atoms with Gasteiger partial charge in [-0.25, -0.2) is 4.39 Å². The molecule has 2 aromatic rings. The number of aliphatic hydroxyl groups excluding tert-OH is 1. The molecule has 1 aromatic carbocycles. The Labute approximate surface area is 121 Å². The number of hydrogen-bond donors (Lipinski definition) is 1. The number of nitrogens with zero attached hydrogens (tertiary/aromatic N) is 1. The van der Waals surface area contributed by atoms with E-state index < -0.39 is 6.10 Å². The summed E-state index contributed by atoms with van der Waals surface area (Å²) in [5.74, 6) is -0.281. The molecular formula is C13H10Br2FNO. The first-order chi connectivity index (χ1) is 8.56. The zero-order valence-electron chi connectivity index (χ0n) is 9.28. The van der Waals surface area contributed by atoms with Crippen LogP contribution in [0.2, 0.25) is 0 Å². The Bertz CT molecular complexity index is 545. The lowest BCUT2D eigenvalue weighted by Gasteiger charge is -2.12. The van der Waals surface area contributed by atoms with Gasteiger partial charge in [-0.2, -0.15) is 0 Å². The largest absolute Gasteiger partial charge is 0.386 e. The molecule has 1 unspecified atom stereocenters. The van der Waals surface area contributed by atoms with Crippen molar-refractivity contribution in [1.29, 1.82) is 0 Å². The second-order valence-electron chi connectivity index (χ2n) is 3.87. The molecule has 1 atom stereocenters. The van der Waals surface area contributed by atoms with Crippen molar-refractivity contribution in [3.63, 3.8) is 0 Å². The van der Waals surface area contributed by atoms with Gasteiger partial charge in [0.05, 0.1) is 5.69 Å². The summed E-state index contributed by atoms with van der Waals surface area (Å²) in [6.07, 6.45) is 1.31. The van der Waals surface area contributed by atoms with Gasteiger partial charge in [-0.1, -0.05) is 12.1 Å². The van der Waals surface area contributed by atoms with Gasteiger partial charge in [0.1, 0.15) is 11.9 Å². The summed E-state index contributed by atoms with van der Waals surface area (Å²) >= 11 is 6.66. The van der Waals surface area contributed by atoms with Crippen molar-refractivity contribution in [3.05, 3.63) is 62.5 Å². The molecule has 2 nitrogen and oxygen atoms in total. The minimum absolute atomic E-state index is 0.281. The fraction of sp³-hybridized carbons (Fsp3) is 0.154. The second-order valence-corrected chi connectivity index (χ2v) is 5.64. The van der Waals surface area contributed by atoms with Crippen LogP contribution >= 0.6 is 31.9 Å². The molecule has 0 saturated carbocycles. The van der Waals surface area contributed by atoms with E-state index in [-0.39, 0.29) is 5.82 Å². The van der Waals surface area contributed by atoms with E-state index in [2.05, 4.69) is 36.8 Å². The third kappa shape index (κ3) is 3.37. The molecule has 2 rings (SSSR count). The van der Waals surface area contributed by atoms with Crippen LogP contribution in [0.4, 0.5) is 4.39 Å². The van der Waals surface area contributed by atoms with Crippen LogP contribution in [0.1, 0.15) is 17.4 Å². The van der Waals surface area contributed by atoms with Gasteiger partial charge in [0, 0.05) is 21.6 Å². The van der Waals surface area contributed by atoms with Crippen molar-refractivity contribution in [2.75, 3.05) is 0 Å². The minimum Gasteiger partial charge on any atom is -0.386 e. The summed E-state index contributed by atoms with van der Waals surface area (Å²) in [7, 11) is 0. The molecule has 0 bridgehead atoms. The summed E-state index contributed by atoms with van der Waals surface area (Å²) < 4.78 is 14.4. The third-order valence-electron chi connectivity index (χ3n) is 2.49. The standard InChI is InChI=1S/C13H10Br2FNO/c14-9-6-11(15)13(17-7-9)12(18)5-8-1-3-10(16)4-2-8/h1-4,6-7,12,18H,5H2. The lowest BCUT2D eigenvalue weighted by Crippen LogP contribution is -2.05. The molecule has 5 heteroatoms. The Morgan fingerprint density at radius 2 is 1.89 bits per heavy atom. The van der Waals surface area contributed by atoms with Gasteiger partial charge in [-0.05, 0) is 55.6 Å². The normalized spacial score (nSPS) is 12.4. The molecule has 0 fully saturated rings. The topological polar surface area (TPSA) is 33.1 Å². The first kappa shape index (κ1) is 13.6. The number of hydrogen-bond acceptors (Lipinski definition) is 2. The predicted molar refractivity (Wildman–Crippen MR) is 74.7 cm³/mol. The summed E-state index contributed by atoms with van der Waals surface area (Å²) in [5, 5.41) is 10.1. The molecule has 0 aliphatic rings. The summed E-state index contributed by atoms with van der Waals surface area (Å²) in [6.45, 7) is 0. The van der Waals surface area contributed by atoms with E-state index in [1.54, 1.807) is 18.3 Å². The highest BCUT2D eigenvalue weighted by molar-refractivity contribution is 9.11. The Morgan fingerprint density at radius 1 is 1.22 bits per heavy atom. The summed E-state index contributed by atoms with van der Waals surface area (Å²) in [5.41, 5.74) is 1.43. The van der Waals surface area contributed by atoms with E-state index in [4.69, 9.17) is 0 Å². The zero-order valence-corrected chi connectivity index (χ0v) is 12.4. The van der Waals surface area contributed by atoms with E-state index in [9.17, 15) is 9.50 Å². The Morgan fingerprint density at radius 3 is 2.50 bits per heavy atom. The van der Waals surface area contributed by atoms with E-state index >= 15 is 0 Å².